The van der Waals surface area contributed by atoms with Gasteiger partial charge in [0.2, 0.25) is 0 Å². The fourth-order valence-electron chi connectivity index (χ4n) is 2.05. The molecule has 1 aromatic heterocycles. The highest BCUT2D eigenvalue weighted by Gasteiger charge is 2.08. The van der Waals surface area contributed by atoms with Crippen molar-refractivity contribution >= 4 is 39.7 Å². The molecular weight excluding hydrogens is 356 g/mol. The molecule has 0 aliphatic heterocycles. The molecule has 1 heterocycles. The summed E-state index contributed by atoms with van der Waals surface area (Å²) in [4.78, 5) is 3.10. The van der Waals surface area contributed by atoms with Gasteiger partial charge in [0.25, 0.3) is 0 Å². The molecule has 0 amide bonds. The van der Waals surface area contributed by atoms with Gasteiger partial charge in [-0.25, -0.2) is 0 Å². The summed E-state index contributed by atoms with van der Waals surface area (Å²) in [6.07, 6.45) is 1.92. The molecule has 0 aliphatic rings. The molecule has 2 nitrogen and oxygen atoms in total. The molecule has 0 aliphatic carbocycles. The Kier molecular flexibility index (Phi) is 3.78. The van der Waals surface area contributed by atoms with E-state index < -0.39 is 0 Å². The first kappa shape index (κ1) is 13.6. The maximum absolute atomic E-state index is 5.94. The number of halogens is 2. The normalized spacial score (nSPS) is 10.7. The van der Waals surface area contributed by atoms with Crippen molar-refractivity contribution in [2.45, 2.75) is 0 Å². The fraction of sp³-hybridized carbons (Fsp3) is 0. The molecule has 0 atom stereocenters. The van der Waals surface area contributed by atoms with Crippen LogP contribution >= 0.6 is 39.7 Å². The number of aromatic nitrogens is 2. The Bertz CT molecular complexity index is 788. The predicted molar refractivity (Wildman–Crippen MR) is 89.1 cm³/mol. The molecular formula is C15H10BrClN2S. The van der Waals surface area contributed by atoms with Crippen LogP contribution in [0.1, 0.15) is 0 Å². The molecule has 2 aromatic carbocycles. The highest BCUT2D eigenvalue weighted by Crippen LogP contribution is 2.25. The number of hydrogen-bond donors (Lipinski definition) is 1. The zero-order valence-electron chi connectivity index (χ0n) is 10.3. The Morgan fingerprint density at radius 2 is 1.65 bits per heavy atom. The van der Waals surface area contributed by atoms with Crippen LogP contribution in [0, 0.1) is 4.77 Å². The molecule has 0 spiro atoms. The Labute approximate surface area is 135 Å². The van der Waals surface area contributed by atoms with Crippen molar-refractivity contribution in [2.75, 3.05) is 0 Å². The Morgan fingerprint density at radius 3 is 2.30 bits per heavy atom. The van der Waals surface area contributed by atoms with E-state index in [9.17, 15) is 0 Å². The lowest BCUT2D eigenvalue weighted by molar-refractivity contribution is 1.04. The number of rotatable bonds is 2. The second-order valence-corrected chi connectivity index (χ2v) is 6.04. The van der Waals surface area contributed by atoms with Crippen molar-refractivity contribution in [1.29, 1.82) is 0 Å². The third-order valence-electron chi connectivity index (χ3n) is 3.00. The summed E-state index contributed by atoms with van der Waals surface area (Å²) in [5, 5.41) is 0.709. The largest absolute Gasteiger partial charge is 0.336 e. The predicted octanol–water partition coefficient (Wildman–Crippen LogP) is 5.62. The van der Waals surface area contributed by atoms with Crippen LogP contribution in [0.25, 0.3) is 16.9 Å². The standard InChI is InChI=1S/C15H10BrClN2S/c16-11-3-1-10(2-4-11)14-9-18-15(20)19(14)13-7-5-12(17)6-8-13/h1-9H,(H,18,20). The maximum Gasteiger partial charge on any atom is 0.182 e. The average molecular weight is 366 g/mol. The highest BCUT2D eigenvalue weighted by molar-refractivity contribution is 9.10. The SMILES string of the molecule is S=c1[nH]cc(-c2ccc(Br)cc2)n1-c1ccc(Cl)cc1. The molecule has 0 fully saturated rings. The minimum atomic E-state index is 0.658. The van der Waals surface area contributed by atoms with Crippen molar-refractivity contribution in [1.82, 2.24) is 9.55 Å². The van der Waals surface area contributed by atoms with E-state index in [2.05, 4.69) is 33.0 Å². The molecule has 3 aromatic rings. The van der Waals surface area contributed by atoms with Gasteiger partial charge in [-0.2, -0.15) is 0 Å². The zero-order valence-corrected chi connectivity index (χ0v) is 13.5. The molecule has 3 rings (SSSR count). The van der Waals surface area contributed by atoms with E-state index in [1.165, 1.54) is 0 Å². The van der Waals surface area contributed by atoms with Crippen molar-refractivity contribution < 1.29 is 0 Å². The number of H-pyrrole nitrogens is 1. The van der Waals surface area contributed by atoms with Gasteiger partial charge in [-0.3, -0.25) is 4.57 Å². The van der Waals surface area contributed by atoms with Gasteiger partial charge >= 0.3 is 0 Å². The highest BCUT2D eigenvalue weighted by atomic mass is 79.9. The summed E-state index contributed by atoms with van der Waals surface area (Å²) in [7, 11) is 0. The summed E-state index contributed by atoms with van der Waals surface area (Å²) < 4.78 is 3.70. The van der Waals surface area contributed by atoms with Crippen LogP contribution in [0.2, 0.25) is 5.02 Å². The maximum atomic E-state index is 5.94. The lowest BCUT2D eigenvalue weighted by atomic mass is 10.1. The summed E-state index contributed by atoms with van der Waals surface area (Å²) in [6.45, 7) is 0. The Hall–Kier alpha value is -1.36. The lowest BCUT2D eigenvalue weighted by Gasteiger charge is -2.08. The van der Waals surface area contributed by atoms with Crippen LogP contribution < -0.4 is 0 Å². The van der Waals surface area contributed by atoms with E-state index in [0.717, 1.165) is 21.4 Å². The van der Waals surface area contributed by atoms with Crippen LogP contribution in [0.3, 0.4) is 0 Å². The molecule has 0 unspecified atom stereocenters. The van der Waals surface area contributed by atoms with Crippen molar-refractivity contribution in [2.24, 2.45) is 0 Å². The number of nitrogens with zero attached hydrogens (tertiary/aromatic N) is 1. The first-order chi connectivity index (χ1) is 9.65. The van der Waals surface area contributed by atoms with Gasteiger partial charge in [0.15, 0.2) is 4.77 Å². The van der Waals surface area contributed by atoms with Crippen LogP contribution in [0.5, 0.6) is 0 Å². The van der Waals surface area contributed by atoms with E-state index in [1.807, 2.05) is 47.2 Å². The summed E-state index contributed by atoms with van der Waals surface area (Å²) >= 11 is 14.8. The monoisotopic (exact) mass is 364 g/mol. The Morgan fingerprint density at radius 1 is 1.00 bits per heavy atom. The summed E-state index contributed by atoms with van der Waals surface area (Å²) in [6, 6.07) is 15.7. The van der Waals surface area contributed by atoms with E-state index >= 15 is 0 Å². The molecule has 20 heavy (non-hydrogen) atoms. The van der Waals surface area contributed by atoms with Gasteiger partial charge in [0, 0.05) is 26.9 Å². The molecule has 0 radical (unpaired) electrons. The average Bonchev–Trinajstić information content (AvgIpc) is 2.83. The molecule has 100 valence electrons. The van der Waals surface area contributed by atoms with Gasteiger partial charge < -0.3 is 4.98 Å². The van der Waals surface area contributed by atoms with Gasteiger partial charge in [-0.05, 0) is 48.6 Å². The first-order valence-corrected chi connectivity index (χ1v) is 7.55. The zero-order chi connectivity index (χ0) is 14.1. The van der Waals surface area contributed by atoms with Gasteiger partial charge in [0.05, 0.1) is 5.69 Å². The van der Waals surface area contributed by atoms with Crippen molar-refractivity contribution in [3.8, 4) is 16.9 Å². The van der Waals surface area contributed by atoms with E-state index in [0.29, 0.717) is 9.79 Å². The van der Waals surface area contributed by atoms with Crippen LogP contribution in [0.15, 0.2) is 59.2 Å². The second-order valence-electron chi connectivity index (χ2n) is 4.30. The van der Waals surface area contributed by atoms with Gasteiger partial charge in [0.1, 0.15) is 0 Å². The summed E-state index contributed by atoms with van der Waals surface area (Å²) in [5.41, 5.74) is 3.10. The number of benzene rings is 2. The van der Waals surface area contributed by atoms with E-state index in [4.69, 9.17) is 23.8 Å². The van der Waals surface area contributed by atoms with Crippen LogP contribution in [-0.4, -0.2) is 9.55 Å². The topological polar surface area (TPSA) is 20.7 Å². The van der Waals surface area contributed by atoms with E-state index in [1.54, 1.807) is 0 Å². The van der Waals surface area contributed by atoms with Crippen molar-refractivity contribution in [3.63, 3.8) is 0 Å². The van der Waals surface area contributed by atoms with Gasteiger partial charge in [-0.15, -0.1) is 0 Å². The third kappa shape index (κ3) is 2.59. The van der Waals surface area contributed by atoms with Crippen LogP contribution in [-0.2, 0) is 0 Å². The molecule has 0 bridgehead atoms. The summed E-state index contributed by atoms with van der Waals surface area (Å²) in [5.74, 6) is 0. The third-order valence-corrected chi connectivity index (χ3v) is 4.08. The molecule has 0 saturated carbocycles. The van der Waals surface area contributed by atoms with Crippen molar-refractivity contribution in [3.05, 3.63) is 69.0 Å². The number of hydrogen-bond acceptors (Lipinski definition) is 1. The number of aromatic amines is 1. The smallest absolute Gasteiger partial charge is 0.182 e. The number of imidazole rings is 1. The van der Waals surface area contributed by atoms with Crippen LogP contribution in [0.4, 0.5) is 0 Å². The lowest BCUT2D eigenvalue weighted by Crippen LogP contribution is -1.96. The molecule has 1 N–H and O–H groups in total. The number of nitrogens with one attached hydrogen (secondary N) is 1. The Balaban J connectivity index is 2.17. The second kappa shape index (κ2) is 5.56. The molecule has 5 heteroatoms. The van der Waals surface area contributed by atoms with E-state index in [-0.39, 0.29) is 0 Å². The first-order valence-electron chi connectivity index (χ1n) is 5.97. The fourth-order valence-corrected chi connectivity index (χ4v) is 2.70. The quantitative estimate of drug-likeness (QED) is 0.585. The minimum absolute atomic E-state index is 0.658. The minimum Gasteiger partial charge on any atom is -0.336 e. The van der Waals surface area contributed by atoms with Gasteiger partial charge in [-0.1, -0.05) is 39.7 Å². The molecule has 0 saturated heterocycles.